The van der Waals surface area contributed by atoms with Gasteiger partial charge in [0.25, 0.3) is 0 Å². The van der Waals surface area contributed by atoms with E-state index in [1.807, 2.05) is 12.3 Å². The quantitative estimate of drug-likeness (QED) is 0.855. The molecule has 2 rings (SSSR count). The van der Waals surface area contributed by atoms with Gasteiger partial charge in [-0.2, -0.15) is 0 Å². The summed E-state index contributed by atoms with van der Waals surface area (Å²) in [7, 11) is 0. The third kappa shape index (κ3) is 4.92. The standard InChI is InChI=1S/C16H27N3/c1-13(12-15-8-4-3-6-10-17-15)19-14(2)16-9-5-7-11-18-16/h5,7,9,11,13-15,17,19H,3-4,6,8,10,12H2,1-2H3/t13?,14-,15?/m1/s1. The molecule has 1 aliphatic rings. The molecule has 2 unspecified atom stereocenters. The number of hydrogen-bond acceptors (Lipinski definition) is 3. The van der Waals surface area contributed by atoms with Crippen LogP contribution < -0.4 is 10.6 Å². The molecule has 1 fully saturated rings. The van der Waals surface area contributed by atoms with E-state index in [2.05, 4.69) is 41.6 Å². The Hall–Kier alpha value is -0.930. The van der Waals surface area contributed by atoms with Gasteiger partial charge in [0.2, 0.25) is 0 Å². The largest absolute Gasteiger partial charge is 0.314 e. The SMILES string of the molecule is CC(CC1CCCCCN1)N[C@H](C)c1ccccn1. The molecule has 0 bridgehead atoms. The van der Waals surface area contributed by atoms with Gasteiger partial charge < -0.3 is 10.6 Å². The highest BCUT2D eigenvalue weighted by Crippen LogP contribution is 2.15. The molecule has 19 heavy (non-hydrogen) atoms. The molecule has 0 amide bonds. The summed E-state index contributed by atoms with van der Waals surface area (Å²) >= 11 is 0. The van der Waals surface area contributed by atoms with Crippen LogP contribution in [0.15, 0.2) is 24.4 Å². The van der Waals surface area contributed by atoms with Crippen LogP contribution in [-0.4, -0.2) is 23.6 Å². The first-order chi connectivity index (χ1) is 9.25. The van der Waals surface area contributed by atoms with Crippen LogP contribution in [0.5, 0.6) is 0 Å². The van der Waals surface area contributed by atoms with Crippen LogP contribution in [0.4, 0.5) is 0 Å². The lowest BCUT2D eigenvalue weighted by atomic mass is 10.0. The van der Waals surface area contributed by atoms with Crippen molar-refractivity contribution < 1.29 is 0 Å². The van der Waals surface area contributed by atoms with Crippen LogP contribution in [0.25, 0.3) is 0 Å². The Balaban J connectivity index is 1.78. The minimum absolute atomic E-state index is 0.321. The summed E-state index contributed by atoms with van der Waals surface area (Å²) in [5.74, 6) is 0. The van der Waals surface area contributed by atoms with Crippen molar-refractivity contribution in [3.63, 3.8) is 0 Å². The third-order valence-electron chi connectivity index (χ3n) is 3.97. The summed E-state index contributed by atoms with van der Waals surface area (Å²) in [5.41, 5.74) is 1.13. The summed E-state index contributed by atoms with van der Waals surface area (Å²) < 4.78 is 0. The predicted octanol–water partition coefficient (Wildman–Crippen LogP) is 3.04. The lowest BCUT2D eigenvalue weighted by molar-refractivity contribution is 0.378. The van der Waals surface area contributed by atoms with Gasteiger partial charge in [-0.1, -0.05) is 18.9 Å². The van der Waals surface area contributed by atoms with E-state index in [1.54, 1.807) is 0 Å². The summed E-state index contributed by atoms with van der Waals surface area (Å²) in [4.78, 5) is 4.42. The molecular formula is C16H27N3. The van der Waals surface area contributed by atoms with Crippen molar-refractivity contribution in [3.8, 4) is 0 Å². The first-order valence-corrected chi connectivity index (χ1v) is 7.66. The average Bonchev–Trinajstić information content (AvgIpc) is 2.68. The molecule has 3 atom stereocenters. The van der Waals surface area contributed by atoms with Crippen molar-refractivity contribution in [2.24, 2.45) is 0 Å². The van der Waals surface area contributed by atoms with Crippen molar-refractivity contribution in [1.82, 2.24) is 15.6 Å². The van der Waals surface area contributed by atoms with Crippen LogP contribution in [0.1, 0.15) is 57.7 Å². The second-order valence-corrected chi connectivity index (χ2v) is 5.78. The van der Waals surface area contributed by atoms with Crippen molar-refractivity contribution in [3.05, 3.63) is 30.1 Å². The minimum atomic E-state index is 0.321. The van der Waals surface area contributed by atoms with Crippen molar-refractivity contribution in [2.75, 3.05) is 6.54 Å². The number of nitrogens with one attached hydrogen (secondary N) is 2. The van der Waals surface area contributed by atoms with Gasteiger partial charge in [0.15, 0.2) is 0 Å². The third-order valence-corrected chi connectivity index (χ3v) is 3.97. The lowest BCUT2D eigenvalue weighted by Crippen LogP contribution is -2.37. The highest BCUT2D eigenvalue weighted by Gasteiger charge is 2.16. The number of hydrogen-bond donors (Lipinski definition) is 2. The number of aromatic nitrogens is 1. The van der Waals surface area contributed by atoms with Gasteiger partial charge in [0, 0.05) is 24.3 Å². The van der Waals surface area contributed by atoms with E-state index in [-0.39, 0.29) is 0 Å². The van der Waals surface area contributed by atoms with Gasteiger partial charge in [0.1, 0.15) is 0 Å². The van der Waals surface area contributed by atoms with Gasteiger partial charge in [0.05, 0.1) is 5.69 Å². The van der Waals surface area contributed by atoms with E-state index in [4.69, 9.17) is 0 Å². The summed E-state index contributed by atoms with van der Waals surface area (Å²) in [6.07, 6.45) is 8.49. The Morgan fingerprint density at radius 2 is 2.21 bits per heavy atom. The first-order valence-electron chi connectivity index (χ1n) is 7.66. The van der Waals surface area contributed by atoms with Crippen molar-refractivity contribution in [2.45, 2.75) is 64.1 Å². The first kappa shape index (κ1) is 14.5. The van der Waals surface area contributed by atoms with Gasteiger partial charge in [-0.15, -0.1) is 0 Å². The van der Waals surface area contributed by atoms with E-state index in [0.29, 0.717) is 18.1 Å². The summed E-state index contributed by atoms with van der Waals surface area (Å²) in [6.45, 7) is 5.67. The Kier molecular flexibility index (Phi) is 5.80. The molecule has 1 aromatic heterocycles. The van der Waals surface area contributed by atoms with Gasteiger partial charge in [-0.05, 0) is 51.8 Å². The topological polar surface area (TPSA) is 37.0 Å². The molecule has 0 radical (unpaired) electrons. The predicted molar refractivity (Wildman–Crippen MR) is 80.1 cm³/mol. The molecule has 106 valence electrons. The Morgan fingerprint density at radius 3 is 3.00 bits per heavy atom. The van der Waals surface area contributed by atoms with E-state index >= 15 is 0 Å². The van der Waals surface area contributed by atoms with E-state index in [0.717, 1.165) is 5.69 Å². The molecule has 0 saturated carbocycles. The minimum Gasteiger partial charge on any atom is -0.314 e. The normalized spacial score (nSPS) is 23.6. The molecular weight excluding hydrogens is 234 g/mol. The molecule has 3 nitrogen and oxygen atoms in total. The molecule has 1 aliphatic heterocycles. The Labute approximate surface area is 117 Å². The molecule has 2 heterocycles. The number of rotatable bonds is 5. The average molecular weight is 261 g/mol. The number of nitrogens with zero attached hydrogens (tertiary/aromatic N) is 1. The maximum atomic E-state index is 4.42. The zero-order valence-electron chi connectivity index (χ0n) is 12.2. The van der Waals surface area contributed by atoms with Gasteiger partial charge >= 0.3 is 0 Å². The lowest BCUT2D eigenvalue weighted by Gasteiger charge is -2.24. The van der Waals surface area contributed by atoms with Crippen molar-refractivity contribution >= 4 is 0 Å². The second kappa shape index (κ2) is 7.61. The van der Waals surface area contributed by atoms with Gasteiger partial charge in [-0.3, -0.25) is 4.98 Å². The molecule has 0 aromatic carbocycles. The zero-order chi connectivity index (χ0) is 13.5. The van der Waals surface area contributed by atoms with E-state index in [1.165, 1.54) is 38.6 Å². The fourth-order valence-corrected chi connectivity index (χ4v) is 2.94. The maximum absolute atomic E-state index is 4.42. The van der Waals surface area contributed by atoms with Crippen LogP contribution in [-0.2, 0) is 0 Å². The number of pyridine rings is 1. The summed E-state index contributed by atoms with van der Waals surface area (Å²) in [6, 6.07) is 7.64. The van der Waals surface area contributed by atoms with E-state index < -0.39 is 0 Å². The smallest absolute Gasteiger partial charge is 0.0570 e. The van der Waals surface area contributed by atoms with Crippen molar-refractivity contribution in [1.29, 1.82) is 0 Å². The summed E-state index contributed by atoms with van der Waals surface area (Å²) in [5, 5.41) is 7.33. The molecule has 0 aliphatic carbocycles. The fourth-order valence-electron chi connectivity index (χ4n) is 2.94. The van der Waals surface area contributed by atoms with Crippen LogP contribution >= 0.6 is 0 Å². The van der Waals surface area contributed by atoms with Crippen LogP contribution in [0.2, 0.25) is 0 Å². The monoisotopic (exact) mass is 261 g/mol. The molecule has 0 spiro atoms. The van der Waals surface area contributed by atoms with Gasteiger partial charge in [-0.25, -0.2) is 0 Å². The van der Waals surface area contributed by atoms with Crippen LogP contribution in [0.3, 0.4) is 0 Å². The molecule has 3 heteroatoms. The molecule has 1 aromatic rings. The maximum Gasteiger partial charge on any atom is 0.0570 e. The Morgan fingerprint density at radius 1 is 1.32 bits per heavy atom. The Bertz CT molecular complexity index is 344. The van der Waals surface area contributed by atoms with Crippen LogP contribution in [0, 0.1) is 0 Å². The second-order valence-electron chi connectivity index (χ2n) is 5.78. The highest BCUT2D eigenvalue weighted by molar-refractivity contribution is 5.07. The van der Waals surface area contributed by atoms with E-state index in [9.17, 15) is 0 Å². The zero-order valence-corrected chi connectivity index (χ0v) is 12.2. The molecule has 1 saturated heterocycles. The fraction of sp³-hybridized carbons (Fsp3) is 0.688. The highest BCUT2D eigenvalue weighted by atomic mass is 15.0. The molecule has 2 N–H and O–H groups in total.